The maximum atomic E-state index is 12.3. The van der Waals surface area contributed by atoms with Gasteiger partial charge in [-0.1, -0.05) is 12.1 Å². The number of urea groups is 1. The molecule has 2 N–H and O–H groups in total. The smallest absolute Gasteiger partial charge is 0.321 e. The molecule has 2 aromatic heterocycles. The molecule has 140 valence electrons. The summed E-state index contributed by atoms with van der Waals surface area (Å²) >= 11 is 1.37. The van der Waals surface area contributed by atoms with E-state index in [1.165, 1.54) is 11.3 Å². The fourth-order valence-electron chi connectivity index (χ4n) is 2.52. The molecule has 6 nitrogen and oxygen atoms in total. The molecule has 1 atom stereocenters. The molecule has 27 heavy (non-hydrogen) atoms. The molecule has 7 heteroatoms. The molecule has 1 unspecified atom stereocenters. The number of nitrogens with one attached hydrogen (secondary N) is 2. The zero-order valence-electron chi connectivity index (χ0n) is 15.5. The monoisotopic (exact) mass is 382 g/mol. The van der Waals surface area contributed by atoms with Crippen LogP contribution in [-0.4, -0.2) is 22.1 Å². The molecule has 2 amide bonds. The Morgan fingerprint density at radius 2 is 2.04 bits per heavy atom. The summed E-state index contributed by atoms with van der Waals surface area (Å²) in [7, 11) is 0. The van der Waals surface area contributed by atoms with Crippen molar-refractivity contribution < 1.29 is 9.53 Å². The lowest BCUT2D eigenvalue weighted by molar-refractivity contribution is 0.241. The highest BCUT2D eigenvalue weighted by molar-refractivity contribution is 7.14. The van der Waals surface area contributed by atoms with Crippen molar-refractivity contribution >= 4 is 22.5 Å². The Hall–Kier alpha value is -2.93. The summed E-state index contributed by atoms with van der Waals surface area (Å²) in [6.07, 6.45) is 3.56. The van der Waals surface area contributed by atoms with Gasteiger partial charge in [0.25, 0.3) is 0 Å². The number of benzene rings is 1. The van der Waals surface area contributed by atoms with Crippen LogP contribution >= 0.6 is 11.3 Å². The molecule has 0 bridgehead atoms. The molecule has 0 spiro atoms. The SMILES string of the molecule is CC(C)Oc1cccc(C(C)NC(=O)Nc2nc(-c3cccnc3)cs2)c1. The number of amides is 2. The summed E-state index contributed by atoms with van der Waals surface area (Å²) in [6, 6.07) is 11.0. The van der Waals surface area contributed by atoms with Crippen molar-refractivity contribution in [2.75, 3.05) is 5.32 Å². The van der Waals surface area contributed by atoms with Gasteiger partial charge in [0.1, 0.15) is 5.75 Å². The topological polar surface area (TPSA) is 76.1 Å². The van der Waals surface area contributed by atoms with E-state index < -0.39 is 0 Å². The molecular weight excluding hydrogens is 360 g/mol. The highest BCUT2D eigenvalue weighted by Gasteiger charge is 2.13. The lowest BCUT2D eigenvalue weighted by atomic mass is 10.1. The molecule has 3 rings (SSSR count). The maximum Gasteiger partial charge on any atom is 0.321 e. The number of carbonyl (C=O) groups excluding carboxylic acids is 1. The van der Waals surface area contributed by atoms with Gasteiger partial charge in [0.2, 0.25) is 0 Å². The zero-order chi connectivity index (χ0) is 19.2. The second kappa shape index (κ2) is 8.64. The summed E-state index contributed by atoms with van der Waals surface area (Å²) in [5.74, 6) is 0.789. The molecule has 1 aromatic carbocycles. The van der Waals surface area contributed by atoms with E-state index in [2.05, 4.69) is 20.6 Å². The standard InChI is InChI=1S/C20H22N4O2S/c1-13(2)26-17-8-4-6-15(10-17)14(3)22-19(25)24-20-23-18(12-27-20)16-7-5-9-21-11-16/h4-14H,1-3H3,(H2,22,23,24,25). The first-order valence-electron chi connectivity index (χ1n) is 8.71. The van der Waals surface area contributed by atoms with E-state index in [1.807, 2.05) is 62.5 Å². The van der Waals surface area contributed by atoms with Crippen LogP contribution in [0.2, 0.25) is 0 Å². The Balaban J connectivity index is 1.60. The van der Waals surface area contributed by atoms with Gasteiger partial charge >= 0.3 is 6.03 Å². The van der Waals surface area contributed by atoms with Crippen molar-refractivity contribution in [2.45, 2.75) is 32.9 Å². The quantitative estimate of drug-likeness (QED) is 0.637. The fourth-order valence-corrected chi connectivity index (χ4v) is 3.24. The Labute approximate surface area is 162 Å². The molecule has 0 aliphatic carbocycles. The fraction of sp³-hybridized carbons (Fsp3) is 0.250. The second-order valence-corrected chi connectivity index (χ2v) is 7.20. The minimum Gasteiger partial charge on any atom is -0.491 e. The highest BCUT2D eigenvalue weighted by atomic mass is 32.1. The minimum absolute atomic E-state index is 0.103. The van der Waals surface area contributed by atoms with Crippen molar-refractivity contribution in [1.82, 2.24) is 15.3 Å². The Kier molecular flexibility index (Phi) is 6.03. The van der Waals surface area contributed by atoms with Gasteiger partial charge in [0.05, 0.1) is 17.8 Å². The number of carbonyl (C=O) groups is 1. The van der Waals surface area contributed by atoms with Crippen LogP contribution in [0.1, 0.15) is 32.4 Å². The predicted octanol–water partition coefficient (Wildman–Crippen LogP) is 4.88. The first-order chi connectivity index (χ1) is 13.0. The van der Waals surface area contributed by atoms with Crippen LogP contribution in [0.4, 0.5) is 9.93 Å². The van der Waals surface area contributed by atoms with Gasteiger partial charge in [0, 0.05) is 23.3 Å². The molecular formula is C20H22N4O2S. The van der Waals surface area contributed by atoms with E-state index in [-0.39, 0.29) is 18.2 Å². The largest absolute Gasteiger partial charge is 0.491 e. The number of pyridine rings is 1. The van der Waals surface area contributed by atoms with E-state index in [4.69, 9.17) is 4.74 Å². The van der Waals surface area contributed by atoms with E-state index in [0.717, 1.165) is 22.6 Å². The number of ether oxygens (including phenoxy) is 1. The molecule has 3 aromatic rings. The van der Waals surface area contributed by atoms with Crippen LogP contribution in [0.15, 0.2) is 54.2 Å². The second-order valence-electron chi connectivity index (χ2n) is 6.34. The molecule has 0 aliphatic heterocycles. The van der Waals surface area contributed by atoms with Crippen LogP contribution in [0.25, 0.3) is 11.3 Å². The van der Waals surface area contributed by atoms with Crippen molar-refractivity contribution in [3.05, 3.63) is 59.7 Å². The molecule has 0 saturated heterocycles. The Morgan fingerprint density at radius 3 is 2.78 bits per heavy atom. The van der Waals surface area contributed by atoms with Gasteiger partial charge in [-0.05, 0) is 50.6 Å². The number of hydrogen-bond donors (Lipinski definition) is 2. The molecule has 0 aliphatic rings. The Morgan fingerprint density at radius 1 is 1.19 bits per heavy atom. The number of thiazole rings is 1. The van der Waals surface area contributed by atoms with Crippen LogP contribution in [0, 0.1) is 0 Å². The summed E-state index contributed by atoms with van der Waals surface area (Å²) in [5.41, 5.74) is 2.67. The van der Waals surface area contributed by atoms with Gasteiger partial charge < -0.3 is 10.1 Å². The van der Waals surface area contributed by atoms with E-state index in [1.54, 1.807) is 12.4 Å². The van der Waals surface area contributed by atoms with E-state index >= 15 is 0 Å². The number of anilines is 1. The number of nitrogens with zero attached hydrogens (tertiary/aromatic N) is 2. The number of aromatic nitrogens is 2. The van der Waals surface area contributed by atoms with Gasteiger partial charge in [-0.15, -0.1) is 11.3 Å². The third-order valence-corrected chi connectivity index (χ3v) is 4.52. The highest BCUT2D eigenvalue weighted by Crippen LogP contribution is 2.24. The first-order valence-corrected chi connectivity index (χ1v) is 9.59. The van der Waals surface area contributed by atoms with Crippen LogP contribution < -0.4 is 15.4 Å². The lowest BCUT2D eigenvalue weighted by Gasteiger charge is -2.16. The number of hydrogen-bond acceptors (Lipinski definition) is 5. The van der Waals surface area contributed by atoms with Crippen molar-refractivity contribution in [2.24, 2.45) is 0 Å². The summed E-state index contributed by atoms with van der Waals surface area (Å²) in [4.78, 5) is 20.8. The van der Waals surface area contributed by atoms with Crippen molar-refractivity contribution in [1.29, 1.82) is 0 Å². The van der Waals surface area contributed by atoms with Crippen LogP contribution in [0.3, 0.4) is 0 Å². The average molecular weight is 382 g/mol. The van der Waals surface area contributed by atoms with Gasteiger partial charge in [-0.3, -0.25) is 10.3 Å². The van der Waals surface area contributed by atoms with Gasteiger partial charge in [0.15, 0.2) is 5.13 Å². The van der Waals surface area contributed by atoms with Crippen molar-refractivity contribution in [3.8, 4) is 17.0 Å². The maximum absolute atomic E-state index is 12.3. The molecule has 0 saturated carbocycles. The summed E-state index contributed by atoms with van der Waals surface area (Å²) in [6.45, 7) is 5.89. The Bertz CT molecular complexity index is 896. The normalized spacial score (nSPS) is 11.9. The van der Waals surface area contributed by atoms with Crippen molar-refractivity contribution in [3.63, 3.8) is 0 Å². The minimum atomic E-state index is -0.301. The molecule has 2 heterocycles. The molecule has 0 fully saturated rings. The third-order valence-electron chi connectivity index (χ3n) is 3.76. The zero-order valence-corrected chi connectivity index (χ0v) is 16.3. The van der Waals surface area contributed by atoms with Gasteiger partial charge in [-0.2, -0.15) is 0 Å². The lowest BCUT2D eigenvalue weighted by Crippen LogP contribution is -2.31. The molecule has 0 radical (unpaired) electrons. The van der Waals surface area contributed by atoms with Crippen LogP contribution in [-0.2, 0) is 0 Å². The average Bonchev–Trinajstić information content (AvgIpc) is 3.10. The summed E-state index contributed by atoms with van der Waals surface area (Å²) in [5, 5.41) is 8.14. The first kappa shape index (κ1) is 18.8. The predicted molar refractivity (Wildman–Crippen MR) is 108 cm³/mol. The van der Waals surface area contributed by atoms with E-state index in [0.29, 0.717) is 5.13 Å². The number of rotatable bonds is 6. The summed E-state index contributed by atoms with van der Waals surface area (Å²) < 4.78 is 5.71. The van der Waals surface area contributed by atoms with E-state index in [9.17, 15) is 4.79 Å². The third kappa shape index (κ3) is 5.27. The van der Waals surface area contributed by atoms with Crippen LogP contribution in [0.5, 0.6) is 5.75 Å². The van der Waals surface area contributed by atoms with Gasteiger partial charge in [-0.25, -0.2) is 9.78 Å².